The summed E-state index contributed by atoms with van der Waals surface area (Å²) in [6, 6.07) is 9.49. The second-order valence-corrected chi connectivity index (χ2v) is 9.29. The molecule has 190 valence electrons. The van der Waals surface area contributed by atoms with Crippen LogP contribution in [0.5, 0.6) is 11.6 Å². The van der Waals surface area contributed by atoms with Crippen LogP contribution < -0.4 is 10.1 Å². The zero-order valence-corrected chi connectivity index (χ0v) is 20.1. The fourth-order valence-electron chi connectivity index (χ4n) is 3.62. The molecule has 0 bridgehead atoms. The van der Waals surface area contributed by atoms with Crippen molar-refractivity contribution >= 4 is 17.7 Å². The Morgan fingerprint density at radius 1 is 1.31 bits per heavy atom. The van der Waals surface area contributed by atoms with Crippen LogP contribution in [-0.2, 0) is 16.0 Å². The summed E-state index contributed by atoms with van der Waals surface area (Å²) in [5.41, 5.74) is -0.251. The van der Waals surface area contributed by atoms with E-state index in [9.17, 15) is 30.1 Å². The van der Waals surface area contributed by atoms with E-state index in [-0.39, 0.29) is 31.0 Å². The number of aliphatic hydroxyl groups excluding tert-OH is 1. The summed E-state index contributed by atoms with van der Waals surface area (Å²) in [4.78, 5) is 41.0. The molecule has 1 aromatic heterocycles. The summed E-state index contributed by atoms with van der Waals surface area (Å²) in [6.07, 6.45) is -0.266. The molecule has 0 spiro atoms. The van der Waals surface area contributed by atoms with Gasteiger partial charge in [-0.05, 0) is 38.5 Å². The minimum absolute atomic E-state index is 0.00141. The van der Waals surface area contributed by atoms with Crippen molar-refractivity contribution in [1.82, 2.24) is 15.2 Å². The van der Waals surface area contributed by atoms with Crippen LogP contribution in [0.4, 0.5) is 10.5 Å². The van der Waals surface area contributed by atoms with Crippen LogP contribution in [-0.4, -0.2) is 62.2 Å². The van der Waals surface area contributed by atoms with E-state index in [1.165, 1.54) is 17.0 Å². The van der Waals surface area contributed by atoms with Gasteiger partial charge in [-0.2, -0.15) is 5.26 Å². The molecule has 12 nitrogen and oxygen atoms in total. The molecule has 2 N–H and O–H groups in total. The standard InChI is InChI=1S/C24H27N5O7/c1-24(2,3)36-23(32)27-20(22(31)28-14-18(30)11-17(28)12-25)10-15-4-7-19(8-5-15)35-21-9-6-16(13-26-21)29(33)34/h4-9,13,17-18,20,30H,10-11,14H2,1-3H3,(H,27,32)/t17?,18?,20-/m1/s1. The Labute approximate surface area is 207 Å². The topological polar surface area (TPSA) is 168 Å². The van der Waals surface area contributed by atoms with E-state index in [4.69, 9.17) is 9.47 Å². The van der Waals surface area contributed by atoms with Crippen LogP contribution in [0.3, 0.4) is 0 Å². The number of aromatic nitrogens is 1. The minimum Gasteiger partial charge on any atom is -0.444 e. The Kier molecular flexibility index (Phi) is 8.06. The number of carbonyl (C=O) groups excluding carboxylic acids is 2. The fourth-order valence-corrected chi connectivity index (χ4v) is 3.62. The van der Waals surface area contributed by atoms with E-state index in [0.29, 0.717) is 11.3 Å². The van der Waals surface area contributed by atoms with Gasteiger partial charge in [-0.25, -0.2) is 9.78 Å². The van der Waals surface area contributed by atoms with Crippen LogP contribution in [0.2, 0.25) is 0 Å². The molecule has 1 aliphatic heterocycles. The van der Waals surface area contributed by atoms with Gasteiger partial charge >= 0.3 is 6.09 Å². The maximum atomic E-state index is 13.3. The molecule has 1 saturated heterocycles. The Balaban J connectivity index is 1.74. The number of benzene rings is 1. The maximum Gasteiger partial charge on any atom is 0.408 e. The van der Waals surface area contributed by atoms with Crippen LogP contribution in [0.25, 0.3) is 0 Å². The fraction of sp³-hybridized carbons (Fsp3) is 0.417. The molecule has 3 atom stereocenters. The molecule has 1 aliphatic rings. The van der Waals surface area contributed by atoms with Crippen molar-refractivity contribution < 1.29 is 29.1 Å². The first-order chi connectivity index (χ1) is 16.9. The molecule has 0 radical (unpaired) electrons. The van der Waals surface area contributed by atoms with Gasteiger partial charge in [0.1, 0.15) is 29.6 Å². The van der Waals surface area contributed by atoms with Crippen LogP contribution >= 0.6 is 0 Å². The lowest BCUT2D eigenvalue weighted by Crippen LogP contribution is -2.52. The number of nitriles is 1. The summed E-state index contributed by atoms with van der Waals surface area (Å²) < 4.78 is 10.9. The van der Waals surface area contributed by atoms with Gasteiger partial charge in [-0.3, -0.25) is 14.9 Å². The minimum atomic E-state index is -1.04. The quantitative estimate of drug-likeness (QED) is 0.431. The number of pyridine rings is 1. The zero-order chi connectivity index (χ0) is 26.5. The van der Waals surface area contributed by atoms with Crippen LogP contribution in [0, 0.1) is 21.4 Å². The summed E-state index contributed by atoms with van der Waals surface area (Å²) >= 11 is 0. The summed E-state index contributed by atoms with van der Waals surface area (Å²) in [5, 5.41) is 32.7. The summed E-state index contributed by atoms with van der Waals surface area (Å²) in [5.74, 6) is 0.0813. The Morgan fingerprint density at radius 3 is 2.56 bits per heavy atom. The van der Waals surface area contributed by atoms with Crippen molar-refractivity contribution in [1.29, 1.82) is 5.26 Å². The van der Waals surface area contributed by atoms with Crippen LogP contribution in [0.15, 0.2) is 42.6 Å². The second-order valence-electron chi connectivity index (χ2n) is 9.29. The van der Waals surface area contributed by atoms with Gasteiger partial charge in [0, 0.05) is 31.5 Å². The number of likely N-dealkylation sites (tertiary alicyclic amines) is 1. The third-order valence-corrected chi connectivity index (χ3v) is 5.22. The number of nitrogens with one attached hydrogen (secondary N) is 1. The Morgan fingerprint density at radius 2 is 2.00 bits per heavy atom. The predicted octanol–water partition coefficient (Wildman–Crippen LogP) is 2.70. The van der Waals surface area contributed by atoms with E-state index in [0.717, 1.165) is 6.20 Å². The van der Waals surface area contributed by atoms with Crippen molar-refractivity contribution in [3.63, 3.8) is 0 Å². The van der Waals surface area contributed by atoms with Gasteiger partial charge in [0.2, 0.25) is 11.8 Å². The number of nitrogens with zero attached hydrogens (tertiary/aromatic N) is 4. The molecule has 2 amide bonds. The molecule has 1 aromatic carbocycles. The van der Waals surface area contributed by atoms with E-state index >= 15 is 0 Å². The number of carbonyl (C=O) groups is 2. The third kappa shape index (κ3) is 7.13. The largest absolute Gasteiger partial charge is 0.444 e. The van der Waals surface area contributed by atoms with Crippen molar-refractivity contribution in [2.24, 2.45) is 0 Å². The number of ether oxygens (including phenoxy) is 2. The smallest absolute Gasteiger partial charge is 0.408 e. The first kappa shape index (κ1) is 26.4. The molecule has 2 aromatic rings. The first-order valence-electron chi connectivity index (χ1n) is 11.2. The highest BCUT2D eigenvalue weighted by Gasteiger charge is 2.38. The van der Waals surface area contributed by atoms with Crippen molar-refractivity contribution in [3.05, 3.63) is 58.3 Å². The lowest BCUT2D eigenvalue weighted by molar-refractivity contribution is -0.385. The number of nitro groups is 1. The van der Waals surface area contributed by atoms with Gasteiger partial charge in [0.05, 0.1) is 17.1 Å². The number of aliphatic hydroxyl groups is 1. The highest BCUT2D eigenvalue weighted by molar-refractivity contribution is 5.86. The number of rotatable bonds is 7. The predicted molar refractivity (Wildman–Crippen MR) is 126 cm³/mol. The third-order valence-electron chi connectivity index (χ3n) is 5.22. The van der Waals surface area contributed by atoms with Gasteiger partial charge in [0.15, 0.2) is 0 Å². The van der Waals surface area contributed by atoms with E-state index in [1.807, 2.05) is 6.07 Å². The first-order valence-corrected chi connectivity index (χ1v) is 11.2. The zero-order valence-electron chi connectivity index (χ0n) is 20.1. The molecule has 0 aliphatic carbocycles. The monoisotopic (exact) mass is 497 g/mol. The molecule has 3 rings (SSSR count). The van der Waals surface area contributed by atoms with Crippen molar-refractivity contribution in [3.8, 4) is 17.7 Å². The molecule has 1 fully saturated rings. The van der Waals surface area contributed by atoms with Gasteiger partial charge in [-0.15, -0.1) is 0 Å². The number of hydrogen-bond donors (Lipinski definition) is 2. The number of amides is 2. The number of β-amino-alcohol motifs (C(OH)–C–C–N with tert-alkyl or cyclic N) is 1. The normalized spacial score (nSPS) is 18.1. The molecular formula is C24H27N5O7. The van der Waals surface area contributed by atoms with E-state index in [2.05, 4.69) is 10.3 Å². The average Bonchev–Trinajstić information content (AvgIpc) is 3.19. The van der Waals surface area contributed by atoms with E-state index < -0.39 is 40.7 Å². The SMILES string of the molecule is CC(C)(C)OC(=O)N[C@H](Cc1ccc(Oc2ccc([N+](=O)[O-])cn2)cc1)C(=O)N1CC(O)CC1C#N. The highest BCUT2D eigenvalue weighted by atomic mass is 16.6. The molecular weight excluding hydrogens is 470 g/mol. The van der Waals surface area contributed by atoms with Gasteiger partial charge in [0.25, 0.3) is 5.69 Å². The maximum absolute atomic E-state index is 13.3. The van der Waals surface area contributed by atoms with Gasteiger partial charge in [-0.1, -0.05) is 12.1 Å². The lowest BCUT2D eigenvalue weighted by Gasteiger charge is -2.27. The Bertz CT molecular complexity index is 1140. The summed E-state index contributed by atoms with van der Waals surface area (Å²) in [6.45, 7) is 5.10. The number of alkyl carbamates (subject to hydrolysis) is 1. The average molecular weight is 498 g/mol. The Hall–Kier alpha value is -4.24. The molecule has 12 heteroatoms. The molecule has 2 heterocycles. The van der Waals surface area contributed by atoms with Crippen LogP contribution in [0.1, 0.15) is 32.8 Å². The number of hydrogen-bond acceptors (Lipinski definition) is 9. The van der Waals surface area contributed by atoms with Gasteiger partial charge < -0.3 is 24.8 Å². The lowest BCUT2D eigenvalue weighted by atomic mass is 10.0. The second kappa shape index (κ2) is 11.0. The molecule has 0 saturated carbocycles. The summed E-state index contributed by atoms with van der Waals surface area (Å²) in [7, 11) is 0. The molecule has 2 unspecified atom stereocenters. The molecule has 36 heavy (non-hydrogen) atoms. The van der Waals surface area contributed by atoms with E-state index in [1.54, 1.807) is 45.0 Å². The van der Waals surface area contributed by atoms with Crippen molar-refractivity contribution in [2.75, 3.05) is 6.54 Å². The van der Waals surface area contributed by atoms with Crippen molar-refractivity contribution in [2.45, 2.75) is 57.4 Å². The highest BCUT2D eigenvalue weighted by Crippen LogP contribution is 2.23.